The van der Waals surface area contributed by atoms with Gasteiger partial charge in [-0.2, -0.15) is 5.26 Å². The molecule has 3 heterocycles. The van der Waals surface area contributed by atoms with E-state index < -0.39 is 0 Å². The van der Waals surface area contributed by atoms with Crippen LogP contribution in [0.5, 0.6) is 0 Å². The van der Waals surface area contributed by atoms with Crippen LogP contribution < -0.4 is 10.5 Å². The van der Waals surface area contributed by atoms with Crippen LogP contribution in [0.15, 0.2) is 23.0 Å². The van der Waals surface area contributed by atoms with Crippen LogP contribution >= 0.6 is 0 Å². The Hall–Kier alpha value is -2.39. The molecular formula is C16H18N4O2. The number of aromatic nitrogens is 2. The van der Waals surface area contributed by atoms with Crippen LogP contribution in [0.25, 0.3) is 11.0 Å². The van der Waals surface area contributed by atoms with Crippen molar-refractivity contribution < 1.29 is 5.11 Å². The molecular weight excluding hydrogens is 280 g/mol. The molecule has 2 atom stereocenters. The Kier molecular flexibility index (Phi) is 3.59. The van der Waals surface area contributed by atoms with Gasteiger partial charge in [-0.3, -0.25) is 4.79 Å². The molecule has 6 heteroatoms. The van der Waals surface area contributed by atoms with Gasteiger partial charge in [-0.1, -0.05) is 6.92 Å². The molecule has 1 N–H and O–H groups in total. The van der Waals surface area contributed by atoms with E-state index in [0.717, 1.165) is 5.69 Å². The molecule has 0 saturated carbocycles. The summed E-state index contributed by atoms with van der Waals surface area (Å²) in [5.74, 6) is 0.131. The normalized spacial score (nSPS) is 21.8. The number of anilines is 1. The van der Waals surface area contributed by atoms with E-state index in [0.29, 0.717) is 36.2 Å². The number of fused-ring (bicyclic) bond motifs is 1. The summed E-state index contributed by atoms with van der Waals surface area (Å²) < 4.78 is 1.54. The quantitative estimate of drug-likeness (QED) is 0.849. The van der Waals surface area contributed by atoms with E-state index in [-0.39, 0.29) is 17.6 Å². The first-order valence-corrected chi connectivity index (χ1v) is 7.35. The highest BCUT2D eigenvalue weighted by molar-refractivity contribution is 5.88. The Morgan fingerprint density at radius 2 is 2.23 bits per heavy atom. The van der Waals surface area contributed by atoms with E-state index >= 15 is 0 Å². The zero-order valence-corrected chi connectivity index (χ0v) is 12.7. The predicted molar refractivity (Wildman–Crippen MR) is 83.7 cm³/mol. The zero-order chi connectivity index (χ0) is 15.9. The van der Waals surface area contributed by atoms with Crippen molar-refractivity contribution in [3.05, 3.63) is 34.2 Å². The Morgan fingerprint density at radius 3 is 2.91 bits per heavy atom. The van der Waals surface area contributed by atoms with Gasteiger partial charge in [0.05, 0.1) is 17.3 Å². The Labute approximate surface area is 128 Å². The van der Waals surface area contributed by atoms with E-state index in [9.17, 15) is 9.90 Å². The van der Waals surface area contributed by atoms with Crippen molar-refractivity contribution in [1.29, 1.82) is 5.26 Å². The lowest BCUT2D eigenvalue weighted by atomic mass is 9.96. The van der Waals surface area contributed by atoms with Crippen molar-refractivity contribution in [3.63, 3.8) is 0 Å². The molecule has 0 aromatic carbocycles. The standard InChI is InChI=1S/C16H18N4O2/c1-10-9-20(6-5-14(10)21)13-7-15(22)19(2)12-4-3-11(8-17)18-16(12)13/h3-4,7,10,14,21H,5-6,9H2,1-2H3/t10-,14-/m0/s1. The highest BCUT2D eigenvalue weighted by atomic mass is 16.3. The van der Waals surface area contributed by atoms with Crippen molar-refractivity contribution in [3.8, 4) is 6.07 Å². The lowest BCUT2D eigenvalue weighted by Gasteiger charge is -2.36. The second-order valence-electron chi connectivity index (χ2n) is 5.88. The highest BCUT2D eigenvalue weighted by Gasteiger charge is 2.26. The van der Waals surface area contributed by atoms with E-state index in [1.165, 1.54) is 4.57 Å². The molecule has 1 saturated heterocycles. The molecule has 1 fully saturated rings. The molecule has 0 unspecified atom stereocenters. The molecule has 0 bridgehead atoms. The van der Waals surface area contributed by atoms with Crippen molar-refractivity contribution >= 4 is 16.7 Å². The van der Waals surface area contributed by atoms with Gasteiger partial charge in [0.15, 0.2) is 0 Å². The van der Waals surface area contributed by atoms with Crippen molar-refractivity contribution in [2.24, 2.45) is 13.0 Å². The molecule has 2 aromatic heterocycles. The second kappa shape index (κ2) is 5.43. The van der Waals surface area contributed by atoms with Crippen LogP contribution in [0, 0.1) is 17.2 Å². The van der Waals surface area contributed by atoms with Crippen molar-refractivity contribution in [2.75, 3.05) is 18.0 Å². The number of nitriles is 1. The van der Waals surface area contributed by atoms with Gasteiger partial charge in [-0.15, -0.1) is 0 Å². The molecule has 22 heavy (non-hydrogen) atoms. The van der Waals surface area contributed by atoms with Crippen molar-refractivity contribution in [2.45, 2.75) is 19.4 Å². The second-order valence-corrected chi connectivity index (χ2v) is 5.88. The van der Waals surface area contributed by atoms with Gasteiger partial charge in [-0.05, 0) is 24.5 Å². The number of aliphatic hydroxyl groups excluding tert-OH is 1. The van der Waals surface area contributed by atoms with Gasteiger partial charge in [0.1, 0.15) is 17.3 Å². The van der Waals surface area contributed by atoms with Gasteiger partial charge in [-0.25, -0.2) is 4.98 Å². The fourth-order valence-corrected chi connectivity index (χ4v) is 2.97. The van der Waals surface area contributed by atoms with Crippen LogP contribution in [0.4, 0.5) is 5.69 Å². The lowest BCUT2D eigenvalue weighted by molar-refractivity contribution is 0.0971. The maximum Gasteiger partial charge on any atom is 0.252 e. The number of pyridine rings is 2. The monoisotopic (exact) mass is 298 g/mol. The van der Waals surface area contributed by atoms with Gasteiger partial charge < -0.3 is 14.6 Å². The maximum absolute atomic E-state index is 12.2. The summed E-state index contributed by atoms with van der Waals surface area (Å²) in [6, 6.07) is 6.99. The predicted octanol–water partition coefficient (Wildman–Crippen LogP) is 1.01. The molecule has 0 radical (unpaired) electrons. The van der Waals surface area contributed by atoms with Gasteiger partial charge in [0.25, 0.3) is 5.56 Å². The molecule has 0 aliphatic carbocycles. The van der Waals surface area contributed by atoms with Crippen LogP contribution in [0.2, 0.25) is 0 Å². The minimum atomic E-state index is -0.309. The van der Waals surface area contributed by atoms with Gasteiger partial charge in [0.2, 0.25) is 0 Å². The third kappa shape index (κ3) is 2.34. The third-order valence-corrected chi connectivity index (χ3v) is 4.38. The Bertz CT molecular complexity index is 821. The molecule has 114 valence electrons. The van der Waals surface area contributed by atoms with Crippen LogP contribution in [0.3, 0.4) is 0 Å². The lowest BCUT2D eigenvalue weighted by Crippen LogP contribution is -2.42. The minimum absolute atomic E-state index is 0.104. The first kappa shape index (κ1) is 14.5. The SMILES string of the molecule is C[C@H]1CN(c2cc(=O)n(C)c3ccc(C#N)nc23)CC[C@@H]1O. The van der Waals surface area contributed by atoms with E-state index in [2.05, 4.69) is 9.88 Å². The summed E-state index contributed by atoms with van der Waals surface area (Å²) in [7, 11) is 1.70. The fourth-order valence-electron chi connectivity index (χ4n) is 2.97. The smallest absolute Gasteiger partial charge is 0.252 e. The molecule has 0 amide bonds. The number of hydrogen-bond acceptors (Lipinski definition) is 5. The average Bonchev–Trinajstić information content (AvgIpc) is 2.53. The van der Waals surface area contributed by atoms with Crippen LogP contribution in [0.1, 0.15) is 19.0 Å². The zero-order valence-electron chi connectivity index (χ0n) is 12.7. The Balaban J connectivity index is 2.18. The maximum atomic E-state index is 12.2. The van der Waals surface area contributed by atoms with E-state index in [1.54, 1.807) is 25.2 Å². The summed E-state index contributed by atoms with van der Waals surface area (Å²) in [4.78, 5) is 18.7. The average molecular weight is 298 g/mol. The summed E-state index contributed by atoms with van der Waals surface area (Å²) in [6.45, 7) is 3.34. The summed E-state index contributed by atoms with van der Waals surface area (Å²) in [6.07, 6.45) is 0.354. The summed E-state index contributed by atoms with van der Waals surface area (Å²) >= 11 is 0. The molecule has 0 spiro atoms. The van der Waals surface area contributed by atoms with Gasteiger partial charge in [0, 0.05) is 26.2 Å². The molecule has 3 rings (SSSR count). The number of rotatable bonds is 1. The molecule has 1 aliphatic rings. The number of piperidine rings is 1. The topological polar surface area (TPSA) is 82.2 Å². The molecule has 6 nitrogen and oxygen atoms in total. The highest BCUT2D eigenvalue weighted by Crippen LogP contribution is 2.28. The van der Waals surface area contributed by atoms with Gasteiger partial charge >= 0.3 is 0 Å². The Morgan fingerprint density at radius 1 is 1.45 bits per heavy atom. The molecule has 2 aromatic rings. The minimum Gasteiger partial charge on any atom is -0.393 e. The number of aryl methyl sites for hydroxylation is 1. The summed E-state index contributed by atoms with van der Waals surface area (Å²) in [5, 5.41) is 19.0. The number of nitrogens with zero attached hydrogens (tertiary/aromatic N) is 4. The largest absolute Gasteiger partial charge is 0.393 e. The van der Waals surface area contributed by atoms with Crippen molar-refractivity contribution in [1.82, 2.24) is 9.55 Å². The first-order chi connectivity index (χ1) is 10.5. The third-order valence-electron chi connectivity index (χ3n) is 4.38. The first-order valence-electron chi connectivity index (χ1n) is 7.35. The number of aliphatic hydroxyl groups is 1. The van der Waals surface area contributed by atoms with Crippen LogP contribution in [-0.4, -0.2) is 33.9 Å². The van der Waals surface area contributed by atoms with E-state index in [1.807, 2.05) is 13.0 Å². The van der Waals surface area contributed by atoms with Crippen LogP contribution in [-0.2, 0) is 7.05 Å². The van der Waals surface area contributed by atoms with E-state index in [4.69, 9.17) is 5.26 Å². The molecule has 1 aliphatic heterocycles. The fraction of sp³-hybridized carbons (Fsp3) is 0.438. The summed E-state index contributed by atoms with van der Waals surface area (Å²) in [5.41, 5.74) is 2.34. The number of hydrogen-bond donors (Lipinski definition) is 1.